The maximum Gasteiger partial charge on any atom is 0.222 e. The van der Waals surface area contributed by atoms with Crippen molar-refractivity contribution in [1.82, 2.24) is 4.90 Å². The topological polar surface area (TPSA) is 20.3 Å². The van der Waals surface area contributed by atoms with Gasteiger partial charge in [0.25, 0.3) is 0 Å². The SMILES string of the molecule is CCCC(=O)N(C)C(C)c1ccc(C)s1. The lowest BCUT2D eigenvalue weighted by atomic mass is 10.2. The summed E-state index contributed by atoms with van der Waals surface area (Å²) in [5.74, 6) is 0.232. The van der Waals surface area contributed by atoms with Crippen LogP contribution in [0.3, 0.4) is 0 Å². The van der Waals surface area contributed by atoms with Crippen molar-refractivity contribution in [3.63, 3.8) is 0 Å². The second-order valence-electron chi connectivity index (χ2n) is 3.88. The third-order valence-electron chi connectivity index (χ3n) is 2.61. The fraction of sp³-hybridized carbons (Fsp3) is 0.583. The van der Waals surface area contributed by atoms with Gasteiger partial charge in [-0.2, -0.15) is 0 Å². The Balaban J connectivity index is 2.67. The Kier molecular flexibility index (Phi) is 4.33. The molecule has 0 saturated carbocycles. The highest BCUT2D eigenvalue weighted by Crippen LogP contribution is 2.26. The number of aryl methyl sites for hydroxylation is 1. The molecule has 0 spiro atoms. The van der Waals surface area contributed by atoms with Crippen LogP contribution in [0, 0.1) is 6.92 Å². The third kappa shape index (κ3) is 3.06. The van der Waals surface area contributed by atoms with E-state index in [0.29, 0.717) is 6.42 Å². The summed E-state index contributed by atoms with van der Waals surface area (Å²) in [5, 5.41) is 0. The first-order chi connectivity index (χ1) is 7.06. The van der Waals surface area contributed by atoms with E-state index in [2.05, 4.69) is 26.0 Å². The van der Waals surface area contributed by atoms with E-state index in [0.717, 1.165) is 6.42 Å². The average molecular weight is 225 g/mol. The first-order valence-electron chi connectivity index (χ1n) is 5.38. The Labute approximate surface area is 95.9 Å². The van der Waals surface area contributed by atoms with Crippen molar-refractivity contribution >= 4 is 17.2 Å². The molecule has 1 atom stereocenters. The molecule has 15 heavy (non-hydrogen) atoms. The summed E-state index contributed by atoms with van der Waals surface area (Å²) in [6, 6.07) is 4.41. The highest BCUT2D eigenvalue weighted by atomic mass is 32.1. The summed E-state index contributed by atoms with van der Waals surface area (Å²) < 4.78 is 0. The van der Waals surface area contributed by atoms with Gasteiger partial charge >= 0.3 is 0 Å². The van der Waals surface area contributed by atoms with Crippen LogP contribution < -0.4 is 0 Å². The van der Waals surface area contributed by atoms with Crippen LogP contribution in [0.5, 0.6) is 0 Å². The van der Waals surface area contributed by atoms with Crippen LogP contribution in [0.4, 0.5) is 0 Å². The minimum atomic E-state index is 0.197. The van der Waals surface area contributed by atoms with Crippen molar-refractivity contribution in [2.24, 2.45) is 0 Å². The van der Waals surface area contributed by atoms with Crippen molar-refractivity contribution in [1.29, 1.82) is 0 Å². The van der Waals surface area contributed by atoms with Gasteiger partial charge in [0, 0.05) is 23.2 Å². The van der Waals surface area contributed by atoms with E-state index >= 15 is 0 Å². The molecule has 84 valence electrons. The molecule has 0 fully saturated rings. The van der Waals surface area contributed by atoms with Gasteiger partial charge in [0.1, 0.15) is 0 Å². The van der Waals surface area contributed by atoms with Gasteiger partial charge in [-0.15, -0.1) is 11.3 Å². The highest BCUT2D eigenvalue weighted by molar-refractivity contribution is 7.12. The normalized spacial score (nSPS) is 12.5. The molecule has 1 rings (SSSR count). The number of carbonyl (C=O) groups is 1. The van der Waals surface area contributed by atoms with Crippen LogP contribution in [0.15, 0.2) is 12.1 Å². The summed E-state index contributed by atoms with van der Waals surface area (Å²) in [6.07, 6.45) is 1.56. The number of thiophene rings is 1. The molecule has 1 unspecified atom stereocenters. The van der Waals surface area contributed by atoms with Gasteiger partial charge < -0.3 is 4.90 Å². The van der Waals surface area contributed by atoms with E-state index in [1.165, 1.54) is 9.75 Å². The molecule has 0 aromatic carbocycles. The molecule has 0 aliphatic heterocycles. The smallest absolute Gasteiger partial charge is 0.222 e. The second kappa shape index (κ2) is 5.31. The van der Waals surface area contributed by atoms with Gasteiger partial charge in [-0.25, -0.2) is 0 Å². The van der Waals surface area contributed by atoms with Gasteiger partial charge in [-0.3, -0.25) is 4.79 Å². The van der Waals surface area contributed by atoms with E-state index in [4.69, 9.17) is 0 Å². The van der Waals surface area contributed by atoms with Crippen molar-refractivity contribution in [2.45, 2.75) is 39.7 Å². The van der Waals surface area contributed by atoms with E-state index in [1.807, 2.05) is 18.9 Å². The van der Waals surface area contributed by atoms with Crippen molar-refractivity contribution < 1.29 is 4.79 Å². The fourth-order valence-corrected chi connectivity index (χ4v) is 2.45. The maximum atomic E-state index is 11.7. The first kappa shape index (κ1) is 12.2. The summed E-state index contributed by atoms with van der Waals surface area (Å²) in [6.45, 7) is 6.21. The Morgan fingerprint density at radius 3 is 2.67 bits per heavy atom. The van der Waals surface area contributed by atoms with E-state index in [-0.39, 0.29) is 11.9 Å². The van der Waals surface area contributed by atoms with Crippen LogP contribution in [0.1, 0.15) is 42.5 Å². The fourth-order valence-electron chi connectivity index (χ4n) is 1.48. The zero-order chi connectivity index (χ0) is 11.4. The molecule has 1 aromatic rings. The lowest BCUT2D eigenvalue weighted by Gasteiger charge is -2.23. The number of hydrogen-bond acceptors (Lipinski definition) is 2. The molecule has 0 N–H and O–H groups in total. The van der Waals surface area contributed by atoms with Gasteiger partial charge in [0.05, 0.1) is 6.04 Å². The number of nitrogens with zero attached hydrogens (tertiary/aromatic N) is 1. The molecule has 2 nitrogen and oxygen atoms in total. The van der Waals surface area contributed by atoms with Crippen LogP contribution in [-0.4, -0.2) is 17.9 Å². The van der Waals surface area contributed by atoms with Gasteiger partial charge in [0.15, 0.2) is 0 Å². The molecule has 0 saturated heterocycles. The summed E-state index contributed by atoms with van der Waals surface area (Å²) >= 11 is 1.77. The largest absolute Gasteiger partial charge is 0.338 e. The lowest BCUT2D eigenvalue weighted by Crippen LogP contribution is -2.28. The predicted molar refractivity (Wildman–Crippen MR) is 65.1 cm³/mol. The van der Waals surface area contributed by atoms with Gasteiger partial charge in [-0.05, 0) is 32.4 Å². The van der Waals surface area contributed by atoms with Crippen molar-refractivity contribution in [3.05, 3.63) is 21.9 Å². The van der Waals surface area contributed by atoms with Gasteiger partial charge in [-0.1, -0.05) is 6.92 Å². The quantitative estimate of drug-likeness (QED) is 0.769. The minimum Gasteiger partial charge on any atom is -0.338 e. The molecule has 1 amide bonds. The molecular formula is C12H19NOS. The molecular weight excluding hydrogens is 206 g/mol. The number of carbonyl (C=O) groups excluding carboxylic acids is 1. The van der Waals surface area contributed by atoms with Crippen LogP contribution in [0.25, 0.3) is 0 Å². The molecule has 0 aliphatic carbocycles. The van der Waals surface area contributed by atoms with E-state index < -0.39 is 0 Å². The highest BCUT2D eigenvalue weighted by Gasteiger charge is 2.17. The number of amides is 1. The standard InChI is InChI=1S/C12H19NOS/c1-5-6-12(14)13(4)10(3)11-8-7-9(2)15-11/h7-8,10H,5-6H2,1-4H3. The first-order valence-corrected chi connectivity index (χ1v) is 6.20. The van der Waals surface area contributed by atoms with Crippen LogP contribution >= 0.6 is 11.3 Å². The zero-order valence-electron chi connectivity index (χ0n) is 9.91. The summed E-state index contributed by atoms with van der Waals surface area (Å²) in [7, 11) is 1.89. The summed E-state index contributed by atoms with van der Waals surface area (Å²) in [4.78, 5) is 16.1. The number of rotatable bonds is 4. The number of hydrogen-bond donors (Lipinski definition) is 0. The minimum absolute atomic E-state index is 0.197. The predicted octanol–water partition coefficient (Wildman–Crippen LogP) is 3.38. The molecule has 1 heterocycles. The Morgan fingerprint density at radius 2 is 2.20 bits per heavy atom. The van der Waals surface area contributed by atoms with E-state index in [1.54, 1.807) is 11.3 Å². The van der Waals surface area contributed by atoms with Crippen molar-refractivity contribution in [3.8, 4) is 0 Å². The van der Waals surface area contributed by atoms with E-state index in [9.17, 15) is 4.79 Å². The average Bonchev–Trinajstić information content (AvgIpc) is 2.63. The lowest BCUT2D eigenvalue weighted by molar-refractivity contribution is -0.131. The van der Waals surface area contributed by atoms with Gasteiger partial charge in [0.2, 0.25) is 5.91 Å². The Morgan fingerprint density at radius 1 is 1.53 bits per heavy atom. The Bertz CT molecular complexity index is 332. The molecule has 0 radical (unpaired) electrons. The monoisotopic (exact) mass is 225 g/mol. The Hall–Kier alpha value is -0.830. The second-order valence-corrected chi connectivity index (χ2v) is 5.20. The molecule has 1 aromatic heterocycles. The molecule has 0 bridgehead atoms. The third-order valence-corrected chi connectivity index (χ3v) is 3.78. The molecule has 3 heteroatoms. The zero-order valence-corrected chi connectivity index (χ0v) is 10.7. The van der Waals surface area contributed by atoms with Crippen LogP contribution in [0.2, 0.25) is 0 Å². The summed E-state index contributed by atoms with van der Waals surface area (Å²) in [5.41, 5.74) is 0. The molecule has 0 aliphatic rings. The maximum absolute atomic E-state index is 11.7. The van der Waals surface area contributed by atoms with Crippen molar-refractivity contribution in [2.75, 3.05) is 7.05 Å². The van der Waals surface area contributed by atoms with Crippen LogP contribution in [-0.2, 0) is 4.79 Å².